The lowest BCUT2D eigenvalue weighted by Crippen LogP contribution is -2.35. The van der Waals surface area contributed by atoms with Crippen molar-refractivity contribution in [3.05, 3.63) is 60.2 Å². The monoisotopic (exact) mass is 460 g/mol. The van der Waals surface area contributed by atoms with Crippen molar-refractivity contribution >= 4 is 11.9 Å². The van der Waals surface area contributed by atoms with Gasteiger partial charge in [0.25, 0.3) is 5.91 Å². The number of nitrogens with one attached hydrogen (secondary N) is 1. The lowest BCUT2D eigenvalue weighted by Gasteiger charge is -2.16. The van der Waals surface area contributed by atoms with Gasteiger partial charge >= 0.3 is 0 Å². The van der Waals surface area contributed by atoms with Gasteiger partial charge in [-0.15, -0.1) is 0 Å². The molecule has 0 bridgehead atoms. The quantitative estimate of drug-likeness (QED) is 0.444. The molecule has 5 rings (SSSR count). The minimum absolute atomic E-state index is 0.0428. The molecule has 0 saturated carbocycles. The van der Waals surface area contributed by atoms with Crippen LogP contribution in [0.3, 0.4) is 0 Å². The van der Waals surface area contributed by atoms with Crippen molar-refractivity contribution in [2.75, 3.05) is 18.9 Å². The number of amides is 1. The Morgan fingerprint density at radius 2 is 1.85 bits per heavy atom. The third-order valence-electron chi connectivity index (χ3n) is 6.00. The number of hydrogen-bond donors (Lipinski definition) is 2. The van der Waals surface area contributed by atoms with Crippen LogP contribution in [0, 0.1) is 0 Å². The Labute approximate surface area is 195 Å². The third-order valence-corrected chi connectivity index (χ3v) is 6.00. The molecule has 11 nitrogen and oxygen atoms in total. The molecule has 1 aliphatic heterocycles. The summed E-state index contributed by atoms with van der Waals surface area (Å²) >= 11 is 0. The van der Waals surface area contributed by atoms with Crippen LogP contribution >= 0.6 is 0 Å². The summed E-state index contributed by atoms with van der Waals surface area (Å²) in [6, 6.07) is 10.7. The van der Waals surface area contributed by atoms with Crippen molar-refractivity contribution in [1.82, 2.24) is 34.8 Å². The molecule has 1 aliphatic rings. The van der Waals surface area contributed by atoms with E-state index in [2.05, 4.69) is 30.5 Å². The molecule has 4 aromatic heterocycles. The maximum Gasteiger partial charge on any atom is 0.262 e. The second kappa shape index (κ2) is 8.34. The zero-order chi connectivity index (χ0) is 23.9. The van der Waals surface area contributed by atoms with E-state index in [1.165, 1.54) is 4.90 Å². The van der Waals surface area contributed by atoms with Crippen LogP contribution in [0.15, 0.2) is 53.3 Å². The molecule has 1 amide bonds. The second-order valence-corrected chi connectivity index (χ2v) is 8.33. The molecule has 5 heterocycles. The molecule has 2 atom stereocenters. The van der Waals surface area contributed by atoms with Crippen molar-refractivity contribution in [3.63, 3.8) is 0 Å². The molecule has 0 radical (unpaired) electrons. The molecule has 34 heavy (non-hydrogen) atoms. The van der Waals surface area contributed by atoms with Crippen LogP contribution in [0.2, 0.25) is 0 Å². The van der Waals surface area contributed by atoms with Gasteiger partial charge in [0.1, 0.15) is 5.69 Å². The average Bonchev–Trinajstić information content (AvgIpc) is 3.57. The minimum atomic E-state index is -1.70. The smallest absolute Gasteiger partial charge is 0.262 e. The molecule has 1 saturated heterocycles. The van der Waals surface area contributed by atoms with Crippen LogP contribution in [0.1, 0.15) is 30.8 Å². The van der Waals surface area contributed by atoms with Gasteiger partial charge in [-0.25, -0.2) is 15.0 Å². The number of carbonyl (C=O) groups excluding carboxylic acids is 1. The summed E-state index contributed by atoms with van der Waals surface area (Å²) in [5, 5.41) is 22.3. The number of rotatable bonds is 6. The number of carbonyl (C=O) groups is 1. The first-order valence-corrected chi connectivity index (χ1v) is 10.9. The zero-order valence-electron chi connectivity index (χ0n) is 19.0. The lowest BCUT2D eigenvalue weighted by molar-refractivity contribution is -0.144. The molecule has 1 fully saturated rings. The van der Waals surface area contributed by atoms with Gasteiger partial charge in [-0.2, -0.15) is 5.10 Å². The van der Waals surface area contributed by atoms with Gasteiger partial charge in [0.05, 0.1) is 28.8 Å². The largest absolute Gasteiger partial charge is 0.373 e. The lowest BCUT2D eigenvalue weighted by atomic mass is 9.98. The molecule has 11 heteroatoms. The Hall–Kier alpha value is -4.12. The number of nitrogens with zero attached hydrogens (tertiary/aromatic N) is 7. The van der Waals surface area contributed by atoms with Crippen LogP contribution in [0.5, 0.6) is 0 Å². The van der Waals surface area contributed by atoms with Crippen LogP contribution in [-0.4, -0.2) is 59.4 Å². The predicted octanol–water partition coefficient (Wildman–Crippen LogP) is 2.15. The van der Waals surface area contributed by atoms with Crippen LogP contribution in [0.25, 0.3) is 22.8 Å². The van der Waals surface area contributed by atoms with E-state index in [4.69, 9.17) is 4.52 Å². The first-order chi connectivity index (χ1) is 16.3. The van der Waals surface area contributed by atoms with Gasteiger partial charge < -0.3 is 19.8 Å². The molecule has 0 spiro atoms. The van der Waals surface area contributed by atoms with Crippen molar-refractivity contribution in [3.8, 4) is 22.8 Å². The maximum absolute atomic E-state index is 12.4. The minimum Gasteiger partial charge on any atom is -0.373 e. The number of aromatic nitrogens is 6. The van der Waals surface area contributed by atoms with E-state index < -0.39 is 11.5 Å². The van der Waals surface area contributed by atoms with Gasteiger partial charge in [0.15, 0.2) is 5.76 Å². The van der Waals surface area contributed by atoms with E-state index in [9.17, 15) is 9.90 Å². The average molecular weight is 460 g/mol. The predicted molar refractivity (Wildman–Crippen MR) is 122 cm³/mol. The van der Waals surface area contributed by atoms with Crippen LogP contribution in [0.4, 0.5) is 5.95 Å². The summed E-state index contributed by atoms with van der Waals surface area (Å²) in [5.74, 6) is 0.174. The molecule has 2 N–H and O–H groups in total. The number of likely N-dealkylation sites (N-methyl/N-ethyl adjacent to an activating group) is 1. The summed E-state index contributed by atoms with van der Waals surface area (Å²) in [6.45, 7) is 2.46. The Bertz CT molecular complexity index is 1350. The van der Waals surface area contributed by atoms with Gasteiger partial charge in [-0.1, -0.05) is 11.2 Å². The highest BCUT2D eigenvalue weighted by molar-refractivity contribution is 5.87. The highest BCUT2D eigenvalue weighted by Gasteiger charge is 2.48. The summed E-state index contributed by atoms with van der Waals surface area (Å²) in [5.41, 5.74) is 1.51. The number of anilines is 1. The zero-order valence-corrected chi connectivity index (χ0v) is 19.0. The second-order valence-electron chi connectivity index (χ2n) is 8.33. The van der Waals surface area contributed by atoms with E-state index in [0.29, 0.717) is 35.3 Å². The van der Waals surface area contributed by atoms with Crippen molar-refractivity contribution in [1.29, 1.82) is 0 Å². The molecule has 174 valence electrons. The molecular formula is C23H24N8O3. The van der Waals surface area contributed by atoms with Gasteiger partial charge in [0, 0.05) is 45.5 Å². The Morgan fingerprint density at radius 3 is 2.56 bits per heavy atom. The highest BCUT2D eigenvalue weighted by Crippen LogP contribution is 2.34. The SMILES string of the molecule is C[C@@H](Nc1nccc(-c2cccc(-c3cc([C@]4(O)CCN(C)C4=O)on3)n2)n1)c1ccnn1C. The number of pyridine rings is 1. The Morgan fingerprint density at radius 1 is 1.09 bits per heavy atom. The number of likely N-dealkylation sites (tertiary alicyclic amines) is 1. The summed E-state index contributed by atoms with van der Waals surface area (Å²) in [6.07, 6.45) is 3.66. The third kappa shape index (κ3) is 3.79. The Kier molecular flexibility index (Phi) is 5.33. The fraction of sp³-hybridized carbons (Fsp3) is 0.304. The van der Waals surface area contributed by atoms with E-state index in [0.717, 1.165) is 5.69 Å². The number of hydrogen-bond acceptors (Lipinski definition) is 9. The summed E-state index contributed by atoms with van der Waals surface area (Å²) in [4.78, 5) is 27.4. The first kappa shape index (κ1) is 21.7. The van der Waals surface area contributed by atoms with Crippen molar-refractivity contribution in [2.45, 2.75) is 25.0 Å². The molecule has 0 aromatic carbocycles. The molecular weight excluding hydrogens is 436 g/mol. The molecule has 0 aliphatic carbocycles. The van der Waals surface area contributed by atoms with Crippen LogP contribution in [-0.2, 0) is 17.4 Å². The number of aliphatic hydroxyl groups is 1. The van der Waals surface area contributed by atoms with Gasteiger partial charge in [0.2, 0.25) is 11.5 Å². The molecule has 4 aromatic rings. The van der Waals surface area contributed by atoms with E-state index in [1.807, 2.05) is 32.2 Å². The summed E-state index contributed by atoms with van der Waals surface area (Å²) < 4.78 is 7.15. The fourth-order valence-corrected chi connectivity index (χ4v) is 4.04. The van der Waals surface area contributed by atoms with Gasteiger partial charge in [-0.3, -0.25) is 9.48 Å². The summed E-state index contributed by atoms with van der Waals surface area (Å²) in [7, 11) is 3.53. The maximum atomic E-state index is 12.4. The van der Waals surface area contributed by atoms with E-state index >= 15 is 0 Å². The molecule has 0 unspecified atom stereocenters. The highest BCUT2D eigenvalue weighted by atomic mass is 16.5. The van der Waals surface area contributed by atoms with Crippen molar-refractivity contribution < 1.29 is 14.4 Å². The van der Waals surface area contributed by atoms with Crippen molar-refractivity contribution in [2.24, 2.45) is 7.05 Å². The fourth-order valence-electron chi connectivity index (χ4n) is 4.04. The standard InChI is InChI=1S/C23H24N8O3/c1-14(19-8-11-25-31(19)3)26-22-24-10-7-17(28-22)15-5-4-6-16(27-15)18-13-20(34-29-18)23(33)9-12-30(2)21(23)32/h4-8,10-11,13-14,33H,9,12H2,1-3H3,(H,24,26,28)/t14-,23-/m1/s1. The first-order valence-electron chi connectivity index (χ1n) is 10.9. The van der Waals surface area contributed by atoms with Gasteiger partial charge in [-0.05, 0) is 31.2 Å². The van der Waals surface area contributed by atoms with E-state index in [1.54, 1.807) is 42.3 Å². The Balaban J connectivity index is 1.39. The normalized spacial score (nSPS) is 18.9. The van der Waals surface area contributed by atoms with E-state index in [-0.39, 0.29) is 18.2 Å². The topological polar surface area (TPSA) is 135 Å². The van der Waals surface area contributed by atoms with Crippen LogP contribution < -0.4 is 5.32 Å². The number of aryl methyl sites for hydroxylation is 1.